The maximum atomic E-state index is 13.0. The lowest BCUT2D eigenvalue weighted by Gasteiger charge is -2.42. The van der Waals surface area contributed by atoms with E-state index in [1.165, 1.54) is 128 Å². The third-order valence-electron chi connectivity index (χ3n) is 13.0. The molecule has 0 aliphatic carbocycles. The highest BCUT2D eigenvalue weighted by Crippen LogP contribution is 2.26. The highest BCUT2D eigenvalue weighted by atomic mass is 16.7. The zero-order valence-electron chi connectivity index (χ0n) is 41.9. The van der Waals surface area contributed by atoms with Gasteiger partial charge in [0.1, 0.15) is 54.9 Å². The van der Waals surface area contributed by atoms with Crippen molar-refractivity contribution in [2.45, 2.75) is 274 Å². The first-order valence-electron chi connectivity index (χ1n) is 26.9. The summed E-state index contributed by atoms with van der Waals surface area (Å²) < 4.78 is 34.3. The highest BCUT2D eigenvalue weighted by Gasteiger charge is 2.47. The Morgan fingerprint density at radius 2 is 0.925 bits per heavy atom. The fraction of sp³-hybridized carbons (Fsp3) is 0.906. The summed E-state index contributed by atoms with van der Waals surface area (Å²) in [6.45, 7) is 3.69. The summed E-state index contributed by atoms with van der Waals surface area (Å²) >= 11 is 0. The predicted octanol–water partition coefficient (Wildman–Crippen LogP) is 8.41. The monoisotopic (exact) mass is 959 g/mol. The maximum absolute atomic E-state index is 13.0. The number of esters is 1. The van der Waals surface area contributed by atoms with Crippen LogP contribution in [0, 0.1) is 0 Å². The van der Waals surface area contributed by atoms with Crippen molar-refractivity contribution in [1.82, 2.24) is 0 Å². The van der Waals surface area contributed by atoms with Crippen molar-refractivity contribution in [1.29, 1.82) is 0 Å². The van der Waals surface area contributed by atoms with Crippen LogP contribution in [0.4, 0.5) is 0 Å². The van der Waals surface area contributed by atoms with Gasteiger partial charge in [-0.2, -0.15) is 0 Å². The third kappa shape index (κ3) is 28.8. The molecule has 14 heteroatoms. The standard InChI is InChI=1S/C53H98O14/c1-3-5-7-9-11-13-15-17-19-20-21-22-24-26-28-30-32-34-36-45(55)65-42(39-62-37-35-33-31-29-27-25-23-18-16-14-12-10-8-6-4-2)40-63-52-51(61)49(59)47(57)44(67-52)41-64-53-50(60)48(58)46(56)43(38-54)66-53/h13,15,19-20,42-44,46-54,56-61H,3-12,14,16-18,21-41H2,1-2H3/b15-13-,20-19-. The predicted molar refractivity (Wildman–Crippen MR) is 261 cm³/mol. The van der Waals surface area contributed by atoms with E-state index in [2.05, 4.69) is 38.2 Å². The van der Waals surface area contributed by atoms with Gasteiger partial charge in [-0.15, -0.1) is 0 Å². The molecule has 0 saturated carbocycles. The van der Waals surface area contributed by atoms with Crippen LogP contribution in [0.3, 0.4) is 0 Å². The van der Waals surface area contributed by atoms with Gasteiger partial charge in [0.25, 0.3) is 0 Å². The number of allylic oxidation sites excluding steroid dienone is 4. The smallest absolute Gasteiger partial charge is 0.306 e. The summed E-state index contributed by atoms with van der Waals surface area (Å²) in [6.07, 6.45) is 28.0. The number of carbonyl (C=O) groups excluding carboxylic acids is 1. The molecule has 0 spiro atoms. The Hall–Kier alpha value is -1.53. The van der Waals surface area contributed by atoms with Crippen LogP contribution in [0.2, 0.25) is 0 Å². The first-order valence-corrected chi connectivity index (χ1v) is 26.9. The Balaban J connectivity index is 1.75. The largest absolute Gasteiger partial charge is 0.457 e. The minimum absolute atomic E-state index is 0.0625. The number of carbonyl (C=O) groups is 1. The molecule has 0 radical (unpaired) electrons. The molecule has 0 bridgehead atoms. The SMILES string of the molecule is CCCCCC/C=C\C/C=C\CCCCCCCCCC(=O)OC(COCCCCCCCCCCCCCCCCC)COC1OC(COC2OC(CO)C(O)C(O)C2O)C(O)C(O)C1O. The van der Waals surface area contributed by atoms with Crippen LogP contribution in [0.25, 0.3) is 0 Å². The number of ether oxygens (including phenoxy) is 6. The van der Waals surface area contributed by atoms with Crippen LogP contribution in [0.1, 0.15) is 206 Å². The molecule has 0 aromatic carbocycles. The van der Waals surface area contributed by atoms with E-state index in [9.17, 15) is 40.5 Å². The number of aliphatic hydroxyl groups excluding tert-OH is 7. The quantitative estimate of drug-likeness (QED) is 0.0174. The molecular weight excluding hydrogens is 861 g/mol. The molecule has 14 nitrogen and oxygen atoms in total. The molecular formula is C53H98O14. The number of unbranched alkanes of at least 4 members (excludes halogenated alkanes) is 25. The van der Waals surface area contributed by atoms with E-state index in [0.717, 1.165) is 51.4 Å². The first kappa shape index (κ1) is 61.6. The van der Waals surface area contributed by atoms with Gasteiger partial charge in [0, 0.05) is 13.0 Å². The summed E-state index contributed by atoms with van der Waals surface area (Å²) in [6, 6.07) is 0. The van der Waals surface area contributed by atoms with Crippen LogP contribution in [-0.4, -0.2) is 142 Å². The van der Waals surface area contributed by atoms with Crippen molar-refractivity contribution in [2.24, 2.45) is 0 Å². The number of rotatable bonds is 43. The molecule has 7 N–H and O–H groups in total. The van der Waals surface area contributed by atoms with Crippen molar-refractivity contribution < 1.29 is 69.0 Å². The van der Waals surface area contributed by atoms with Gasteiger partial charge >= 0.3 is 5.97 Å². The van der Waals surface area contributed by atoms with Crippen molar-refractivity contribution in [2.75, 3.05) is 33.0 Å². The Labute approximate surface area is 405 Å². The zero-order valence-corrected chi connectivity index (χ0v) is 41.9. The topological polar surface area (TPSA) is 214 Å². The number of hydrogen-bond donors (Lipinski definition) is 7. The van der Waals surface area contributed by atoms with Crippen molar-refractivity contribution in [3.8, 4) is 0 Å². The van der Waals surface area contributed by atoms with E-state index in [4.69, 9.17) is 28.4 Å². The van der Waals surface area contributed by atoms with Gasteiger partial charge < -0.3 is 64.2 Å². The Kier molecular flexibility index (Phi) is 37.8. The summed E-state index contributed by atoms with van der Waals surface area (Å²) in [7, 11) is 0. The summed E-state index contributed by atoms with van der Waals surface area (Å²) in [5.41, 5.74) is 0. The van der Waals surface area contributed by atoms with Gasteiger partial charge in [0.15, 0.2) is 12.6 Å². The second-order valence-corrected chi connectivity index (χ2v) is 19.1. The van der Waals surface area contributed by atoms with E-state index in [1.807, 2.05) is 0 Å². The second kappa shape index (κ2) is 41.1. The lowest BCUT2D eigenvalue weighted by molar-refractivity contribution is -0.332. The summed E-state index contributed by atoms with van der Waals surface area (Å²) in [4.78, 5) is 13.0. The Bertz CT molecular complexity index is 1200. The molecule has 2 heterocycles. The zero-order chi connectivity index (χ0) is 48.7. The van der Waals surface area contributed by atoms with E-state index in [0.29, 0.717) is 13.0 Å². The molecule has 2 fully saturated rings. The minimum Gasteiger partial charge on any atom is -0.457 e. The van der Waals surface area contributed by atoms with E-state index >= 15 is 0 Å². The minimum atomic E-state index is -1.71. The average molecular weight is 959 g/mol. The molecule has 2 aliphatic heterocycles. The highest BCUT2D eigenvalue weighted by molar-refractivity contribution is 5.69. The lowest BCUT2D eigenvalue weighted by Crippen LogP contribution is -2.61. The van der Waals surface area contributed by atoms with E-state index < -0.39 is 80.7 Å². The molecule has 11 unspecified atom stereocenters. The molecule has 0 aromatic heterocycles. The molecule has 2 aliphatic rings. The van der Waals surface area contributed by atoms with Crippen molar-refractivity contribution in [3.63, 3.8) is 0 Å². The van der Waals surface area contributed by atoms with Gasteiger partial charge in [-0.1, -0.05) is 179 Å². The normalized spacial score (nSPS) is 26.2. The second-order valence-electron chi connectivity index (χ2n) is 19.1. The number of aliphatic hydroxyl groups is 7. The van der Waals surface area contributed by atoms with Gasteiger partial charge in [0.2, 0.25) is 0 Å². The summed E-state index contributed by atoms with van der Waals surface area (Å²) in [5, 5.41) is 72.2. The molecule has 394 valence electrons. The summed E-state index contributed by atoms with van der Waals surface area (Å²) in [5.74, 6) is -0.381. The van der Waals surface area contributed by atoms with Gasteiger partial charge in [-0.3, -0.25) is 4.79 Å². The average Bonchev–Trinajstić information content (AvgIpc) is 3.32. The van der Waals surface area contributed by atoms with Gasteiger partial charge in [0.05, 0.1) is 26.4 Å². The van der Waals surface area contributed by atoms with Crippen LogP contribution < -0.4 is 0 Å². The fourth-order valence-electron chi connectivity index (χ4n) is 8.55. The van der Waals surface area contributed by atoms with Crippen LogP contribution in [0.15, 0.2) is 24.3 Å². The van der Waals surface area contributed by atoms with E-state index in [1.54, 1.807) is 0 Å². The van der Waals surface area contributed by atoms with Crippen LogP contribution in [-0.2, 0) is 33.2 Å². The third-order valence-corrected chi connectivity index (χ3v) is 13.0. The van der Waals surface area contributed by atoms with Gasteiger partial charge in [-0.25, -0.2) is 0 Å². The molecule has 67 heavy (non-hydrogen) atoms. The Morgan fingerprint density at radius 1 is 0.493 bits per heavy atom. The molecule has 0 aromatic rings. The first-order chi connectivity index (χ1) is 32.6. The molecule has 2 rings (SSSR count). The molecule has 0 amide bonds. The van der Waals surface area contributed by atoms with Gasteiger partial charge in [-0.05, 0) is 44.9 Å². The number of hydrogen-bond acceptors (Lipinski definition) is 14. The fourth-order valence-corrected chi connectivity index (χ4v) is 8.55. The maximum Gasteiger partial charge on any atom is 0.306 e. The van der Waals surface area contributed by atoms with Crippen molar-refractivity contribution in [3.05, 3.63) is 24.3 Å². The van der Waals surface area contributed by atoms with E-state index in [-0.39, 0.29) is 25.6 Å². The van der Waals surface area contributed by atoms with Crippen molar-refractivity contribution >= 4 is 5.97 Å². The Morgan fingerprint density at radius 3 is 1.45 bits per heavy atom. The van der Waals surface area contributed by atoms with Crippen LogP contribution >= 0.6 is 0 Å². The van der Waals surface area contributed by atoms with Crippen LogP contribution in [0.5, 0.6) is 0 Å². The lowest BCUT2D eigenvalue weighted by atomic mass is 9.98. The molecule has 2 saturated heterocycles. The molecule has 11 atom stereocenters.